The number of carbonyl (C=O) groups is 7. The summed E-state index contributed by atoms with van der Waals surface area (Å²) >= 11 is 0. The molecular formula is C95H122N11O14+11. The van der Waals surface area contributed by atoms with Crippen molar-refractivity contribution in [2.24, 2.45) is 77.5 Å². The first kappa shape index (κ1) is 102. The third-order valence-corrected chi connectivity index (χ3v) is 16.4. The number of methoxy groups -OCH3 is 2. The molecule has 0 saturated heterocycles. The number of Topliss-reactive ketones (excluding diaryl/α,β-unsaturated/α-hetero) is 2. The van der Waals surface area contributed by atoms with Crippen molar-refractivity contribution in [1.29, 1.82) is 0 Å². The molecule has 0 radical (unpaired) electrons. The fourth-order valence-corrected chi connectivity index (χ4v) is 9.16. The van der Waals surface area contributed by atoms with Crippen LogP contribution in [0.5, 0.6) is 5.75 Å². The lowest BCUT2D eigenvalue weighted by Gasteiger charge is -1.99. The van der Waals surface area contributed by atoms with E-state index >= 15 is 0 Å². The molecule has 25 nitrogen and oxygen atoms in total. The predicted molar refractivity (Wildman–Crippen MR) is 450 cm³/mol. The summed E-state index contributed by atoms with van der Waals surface area (Å²) in [6, 6.07) is 49.9. The Morgan fingerprint density at radius 2 is 0.667 bits per heavy atom. The third kappa shape index (κ3) is 45.6. The number of aryl methyl sites for hydroxylation is 12. The van der Waals surface area contributed by atoms with Gasteiger partial charge in [0.1, 0.15) is 89.9 Å². The Hall–Kier alpha value is -13.6. The van der Waals surface area contributed by atoms with E-state index in [0.29, 0.717) is 35.3 Å². The zero-order valence-corrected chi connectivity index (χ0v) is 72.3. The van der Waals surface area contributed by atoms with Crippen LogP contribution in [0.3, 0.4) is 0 Å². The number of hydrogen-bond acceptors (Lipinski definition) is 14. The molecule has 12 rings (SSSR count). The molecule has 0 unspecified atom stereocenters. The molecule has 0 aliphatic rings. The lowest BCUT2D eigenvalue weighted by Crippen LogP contribution is -2.26. The van der Waals surface area contributed by atoms with Crippen molar-refractivity contribution in [3.8, 4) is 5.75 Å². The second kappa shape index (κ2) is 60.8. The van der Waals surface area contributed by atoms with Crippen LogP contribution in [0.15, 0.2) is 313 Å². The van der Waals surface area contributed by atoms with Crippen LogP contribution < -0.4 is 55.0 Å². The van der Waals surface area contributed by atoms with Gasteiger partial charge in [-0.25, -0.2) is 64.6 Å². The molecule has 0 bridgehead atoms. The molecule has 25 heteroatoms. The third-order valence-electron chi connectivity index (χ3n) is 16.4. The summed E-state index contributed by atoms with van der Waals surface area (Å²) in [6.07, 6.45) is 46.9. The van der Waals surface area contributed by atoms with E-state index in [-0.39, 0.29) is 61.7 Å². The van der Waals surface area contributed by atoms with Gasteiger partial charge in [-0.15, -0.1) is 0 Å². The molecule has 0 fully saturated rings. The Bertz CT molecular complexity index is 4780. The topological polar surface area (TPSA) is 260 Å². The average molecular weight is 1640 g/mol. The molecule has 120 heavy (non-hydrogen) atoms. The van der Waals surface area contributed by atoms with E-state index < -0.39 is 0 Å². The number of hydrogen-bond donors (Lipinski definition) is 3. The Morgan fingerprint density at radius 1 is 0.358 bits per heavy atom. The van der Waals surface area contributed by atoms with Gasteiger partial charge < -0.3 is 34.3 Å². The van der Waals surface area contributed by atoms with Crippen LogP contribution >= 0.6 is 0 Å². The Morgan fingerprint density at radius 3 is 0.983 bits per heavy atom. The van der Waals surface area contributed by atoms with Crippen LogP contribution in [0.1, 0.15) is 128 Å². The highest BCUT2D eigenvalue weighted by atomic mass is 16.5. The molecule has 11 heterocycles. The number of nitrogens with zero attached hydrogens (tertiary/aromatic N) is 11. The van der Waals surface area contributed by atoms with E-state index in [1.807, 2.05) is 349 Å². The van der Waals surface area contributed by atoms with Crippen molar-refractivity contribution in [1.82, 2.24) is 0 Å². The first-order chi connectivity index (χ1) is 57.5. The number of carbonyl (C=O) groups excluding carboxylic acids is 7. The summed E-state index contributed by atoms with van der Waals surface area (Å²) < 4.78 is 40.2. The molecule has 0 aliphatic carbocycles. The molecule has 11 aromatic heterocycles. The summed E-state index contributed by atoms with van der Waals surface area (Å²) in [6.45, 7) is 9.99. The molecule has 3 N–H and O–H groups in total. The summed E-state index contributed by atoms with van der Waals surface area (Å²) in [5, 5.41) is 25.8. The number of ether oxygens (including phenoxy) is 4. The second-order valence-electron chi connectivity index (χ2n) is 26.5. The molecule has 0 amide bonds. The van der Waals surface area contributed by atoms with Gasteiger partial charge in [0.25, 0.3) is 0 Å². The van der Waals surface area contributed by atoms with Crippen molar-refractivity contribution < 1.29 is 118 Å². The van der Waals surface area contributed by atoms with E-state index in [1.54, 1.807) is 100 Å². The van der Waals surface area contributed by atoms with Crippen LogP contribution in [0.4, 0.5) is 0 Å². The molecular weight excluding hydrogens is 1520 g/mol. The highest BCUT2D eigenvalue weighted by Crippen LogP contribution is 2.09. The van der Waals surface area contributed by atoms with Crippen LogP contribution in [-0.2, 0) is 111 Å². The lowest BCUT2D eigenvalue weighted by molar-refractivity contribution is -0.671. The SMILES string of the molecule is C=CCOC(=O)c1cc[n+](C)cc1.CC(=O)c1cc[n+](C)cc1.CCC(=O)c1cc[n+](C)cc1.CCOC(=O)c1cc[n+](C)cc1.COC(=O)c1cc[n+](C)cc1.COc1cc[n+](C)cc1.C[n+]1ccc(C(=O)c2ccccc2)cc1.C[n+]1ccc(C=O)cc1.C[n+]1ccc(CCCO)cc1.C[n+]1ccc(CCO)cc1.C[n+]1ccc(CO)cc1. The average Bonchev–Trinajstić information content (AvgIpc) is 0.847. The van der Waals surface area contributed by atoms with Crippen molar-refractivity contribution >= 4 is 41.5 Å². The van der Waals surface area contributed by atoms with Gasteiger partial charge in [-0.2, -0.15) is 0 Å². The van der Waals surface area contributed by atoms with E-state index in [1.165, 1.54) is 18.2 Å². The molecule has 12 aromatic rings. The van der Waals surface area contributed by atoms with Crippen molar-refractivity contribution in [2.45, 2.75) is 53.1 Å². The Labute approximate surface area is 707 Å². The second-order valence-corrected chi connectivity index (χ2v) is 26.5. The lowest BCUT2D eigenvalue weighted by atomic mass is 10.1. The minimum atomic E-state index is -0.319. The van der Waals surface area contributed by atoms with Crippen LogP contribution in [0.2, 0.25) is 0 Å². The molecule has 1 aromatic carbocycles. The van der Waals surface area contributed by atoms with E-state index in [4.69, 9.17) is 29.5 Å². The summed E-state index contributed by atoms with van der Waals surface area (Å²) in [7, 11) is 24.3. The summed E-state index contributed by atoms with van der Waals surface area (Å²) in [5.41, 5.74) is 8.87. The van der Waals surface area contributed by atoms with Gasteiger partial charge in [0, 0.05) is 181 Å². The van der Waals surface area contributed by atoms with Crippen LogP contribution in [-0.4, -0.2) is 97.5 Å². The van der Waals surface area contributed by atoms with E-state index in [9.17, 15) is 33.6 Å². The first-order valence-electron chi connectivity index (χ1n) is 38.5. The number of aliphatic hydroxyl groups excluding tert-OH is 3. The summed E-state index contributed by atoms with van der Waals surface area (Å²) in [4.78, 5) is 77.2. The minimum Gasteiger partial charge on any atom is -0.496 e. The normalized spacial score (nSPS) is 9.53. The number of aldehydes is 1. The number of benzene rings is 1. The maximum Gasteiger partial charge on any atom is 0.338 e. The van der Waals surface area contributed by atoms with E-state index in [0.717, 1.165) is 59.1 Å². The van der Waals surface area contributed by atoms with Gasteiger partial charge in [-0.3, -0.25) is 19.2 Å². The highest BCUT2D eigenvalue weighted by molar-refractivity contribution is 6.08. The number of aliphatic hydroxyl groups is 3. The molecule has 0 atom stereocenters. The zero-order valence-electron chi connectivity index (χ0n) is 72.3. The van der Waals surface area contributed by atoms with Gasteiger partial charge in [-0.1, -0.05) is 49.9 Å². The monoisotopic (exact) mass is 1640 g/mol. The maximum atomic E-state index is 11.9. The largest absolute Gasteiger partial charge is 0.496 e. The van der Waals surface area contributed by atoms with Crippen molar-refractivity contribution in [3.05, 3.63) is 374 Å². The van der Waals surface area contributed by atoms with E-state index in [2.05, 4.69) is 23.4 Å². The Kier molecular flexibility index (Phi) is 51.9. The quantitative estimate of drug-likeness (QED) is 0.0190. The fourth-order valence-electron chi connectivity index (χ4n) is 9.16. The summed E-state index contributed by atoms with van der Waals surface area (Å²) in [5.74, 6) is 0.389. The highest BCUT2D eigenvalue weighted by Gasteiger charge is 2.12. The standard InChI is InChI=1S/C13H12NO.C10H12NO2.C9H12NO2.C9H14NO.C9H12NO.C8H10NO2.C8H10NO.C8H12NO.2C7H10NO.C7H8NO/c1-14-9-7-12(8-10-14)13(15)11-5-3-2-4-6-11;1-3-8-13-10(12)9-4-6-11(2)7-5-9;1-3-12-9(11)8-4-6-10(2)7-5-8;1-10-6-4-9(5-7-10)3-2-8-11;1-3-9(11)8-4-6-10(2)7-5-8;1-9-5-3-7(4-6-9)8(10)11-2;1-7(10)8-3-5-9(2)6-4-8;1-9-5-2-8(3-6-9)4-7-10;1-8-5-3-7(9-2)4-6-8;2*1-8-4-2-7(6-9)3-5-8/h2-10H,1H3;3-7H,1,8H2,2H3;4-7H,3H2,1-2H3;4-7,11H,2-3,8H2,1H3;4-7H,3H2,1-2H3;3-6H,1-2H3;3-6H,1-2H3;2-3,5-6,10H,4,7H2,1H3;3-6H,1-2H3;2-5,9H,6H2,1H3;2-6H,1H3/q11*+1. The number of aromatic nitrogens is 11. The number of pyridine rings is 11. The van der Waals surface area contributed by atoms with Crippen LogP contribution in [0, 0.1) is 0 Å². The zero-order chi connectivity index (χ0) is 89.0. The van der Waals surface area contributed by atoms with Crippen molar-refractivity contribution in [2.75, 3.05) is 40.6 Å². The number of ketones is 3. The predicted octanol–water partition coefficient (Wildman–Crippen LogP) is 6.73. The minimum absolute atomic E-state index is 0.0659. The first-order valence-corrected chi connectivity index (χ1v) is 38.5. The van der Waals surface area contributed by atoms with Crippen molar-refractivity contribution in [3.63, 3.8) is 0 Å². The number of rotatable bonds is 19. The molecule has 0 aliphatic heterocycles. The molecule has 0 saturated carbocycles. The van der Waals surface area contributed by atoms with Gasteiger partial charge in [0.15, 0.2) is 160 Å². The maximum absolute atomic E-state index is 11.9. The number of esters is 3. The molecule has 630 valence electrons. The van der Waals surface area contributed by atoms with Gasteiger partial charge in [0.05, 0.1) is 44.1 Å². The smallest absolute Gasteiger partial charge is 0.338 e. The Balaban J connectivity index is 0.000000449. The van der Waals surface area contributed by atoms with Gasteiger partial charge in [0.2, 0.25) is 0 Å². The van der Waals surface area contributed by atoms with Gasteiger partial charge in [-0.05, 0) is 49.8 Å². The molecule has 0 spiro atoms. The van der Waals surface area contributed by atoms with Crippen LogP contribution in [0.25, 0.3) is 0 Å². The fraction of sp³-hybridized carbons (Fsp3) is 0.263. The van der Waals surface area contributed by atoms with Gasteiger partial charge >= 0.3 is 17.9 Å².